The number of hydrogen-bond donors (Lipinski definition) is 2. The average molecular weight is 261 g/mol. The summed E-state index contributed by atoms with van der Waals surface area (Å²) in [4.78, 5) is 21.5. The Morgan fingerprint density at radius 2 is 2.26 bits per heavy atom. The summed E-state index contributed by atoms with van der Waals surface area (Å²) in [6.07, 6.45) is 0.654. The molecule has 1 aromatic rings. The van der Waals surface area contributed by atoms with Crippen LogP contribution in [0.3, 0.4) is 0 Å². The largest absolute Gasteiger partial charge is 0.503 e. The third kappa shape index (κ3) is 4.36. The Balaban J connectivity index is 3.01. The Hall–Kier alpha value is -2.48. The molecule has 0 saturated carbocycles. The van der Waals surface area contributed by atoms with Crippen LogP contribution in [-0.4, -0.2) is 30.5 Å². The number of hydrogen-bond acceptors (Lipinski definition) is 4. The molecule has 1 aromatic carbocycles. The molecule has 0 heterocycles. The van der Waals surface area contributed by atoms with Gasteiger partial charge in [-0.05, 0) is 19.1 Å². The van der Waals surface area contributed by atoms with E-state index < -0.39 is 0 Å². The van der Waals surface area contributed by atoms with Crippen LogP contribution < -0.4 is 10.1 Å². The molecule has 0 spiro atoms. The molecule has 5 nitrogen and oxygen atoms in total. The lowest BCUT2D eigenvalue weighted by atomic mass is 10.1. The zero-order chi connectivity index (χ0) is 14.3. The number of phenols is 1. The van der Waals surface area contributed by atoms with E-state index in [-0.39, 0.29) is 24.0 Å². The molecule has 5 heteroatoms. The molecule has 19 heavy (non-hydrogen) atoms. The number of nitrogens with one attached hydrogen (secondary N) is 1. The lowest BCUT2D eigenvalue weighted by Crippen LogP contribution is -2.19. The number of aromatic hydroxyl groups is 1. The first-order valence-corrected chi connectivity index (χ1v) is 5.76. The van der Waals surface area contributed by atoms with E-state index in [1.165, 1.54) is 19.1 Å². The lowest BCUT2D eigenvalue weighted by Gasteiger charge is -2.08. The van der Waals surface area contributed by atoms with Crippen molar-refractivity contribution in [2.24, 2.45) is 0 Å². The van der Waals surface area contributed by atoms with Crippen LogP contribution in [0.1, 0.15) is 29.8 Å². The van der Waals surface area contributed by atoms with Gasteiger partial charge in [-0.1, -0.05) is 11.8 Å². The maximum atomic E-state index is 10.8. The Morgan fingerprint density at radius 3 is 2.84 bits per heavy atom. The Morgan fingerprint density at radius 1 is 1.53 bits per heavy atom. The minimum Gasteiger partial charge on any atom is -0.503 e. The Bertz CT molecular complexity index is 540. The summed E-state index contributed by atoms with van der Waals surface area (Å²) in [6, 6.07) is 2.91. The normalized spacial score (nSPS) is 9.16. The van der Waals surface area contributed by atoms with E-state index in [2.05, 4.69) is 17.2 Å². The highest BCUT2D eigenvalue weighted by Gasteiger charge is 2.09. The van der Waals surface area contributed by atoms with Crippen molar-refractivity contribution >= 4 is 12.2 Å². The molecule has 0 atom stereocenters. The molecule has 1 amide bonds. The zero-order valence-electron chi connectivity index (χ0n) is 10.8. The van der Waals surface area contributed by atoms with Crippen molar-refractivity contribution in [3.63, 3.8) is 0 Å². The van der Waals surface area contributed by atoms with Gasteiger partial charge in [0.2, 0.25) is 5.91 Å². The summed E-state index contributed by atoms with van der Waals surface area (Å²) in [5.41, 5.74) is 0.656. The third-order valence-electron chi connectivity index (χ3n) is 2.18. The second-order valence-electron chi connectivity index (χ2n) is 3.68. The molecule has 0 aliphatic carbocycles. The monoisotopic (exact) mass is 261 g/mol. The summed E-state index contributed by atoms with van der Waals surface area (Å²) in [6.45, 7) is 3.70. The van der Waals surface area contributed by atoms with Crippen LogP contribution in [0, 0.1) is 11.8 Å². The molecule has 0 aliphatic rings. The molecule has 0 fully saturated rings. The highest BCUT2D eigenvalue weighted by atomic mass is 16.5. The first-order valence-electron chi connectivity index (χ1n) is 5.76. The van der Waals surface area contributed by atoms with E-state index in [1.807, 2.05) is 0 Å². The van der Waals surface area contributed by atoms with Crippen LogP contribution in [0.5, 0.6) is 11.5 Å². The van der Waals surface area contributed by atoms with E-state index in [0.717, 1.165) is 0 Å². The maximum Gasteiger partial charge on any atom is 0.217 e. The number of rotatable bonds is 4. The van der Waals surface area contributed by atoms with E-state index in [1.54, 1.807) is 6.92 Å². The van der Waals surface area contributed by atoms with Gasteiger partial charge in [-0.25, -0.2) is 0 Å². The van der Waals surface area contributed by atoms with E-state index >= 15 is 0 Å². The van der Waals surface area contributed by atoms with Gasteiger partial charge in [0, 0.05) is 12.5 Å². The summed E-state index contributed by atoms with van der Waals surface area (Å²) in [7, 11) is 0. The van der Waals surface area contributed by atoms with Crippen LogP contribution in [0.15, 0.2) is 12.1 Å². The predicted octanol–water partition coefficient (Wildman–Crippen LogP) is 1.09. The molecule has 0 aliphatic heterocycles. The maximum absolute atomic E-state index is 10.8. The van der Waals surface area contributed by atoms with E-state index in [0.29, 0.717) is 24.0 Å². The highest BCUT2D eigenvalue weighted by Crippen LogP contribution is 2.30. The SMILES string of the molecule is CCOc1cc(C=O)cc(C#CCNC(C)=O)c1O. The van der Waals surface area contributed by atoms with Crippen LogP contribution in [-0.2, 0) is 4.79 Å². The minimum absolute atomic E-state index is 0.109. The van der Waals surface area contributed by atoms with Crippen molar-refractivity contribution < 1.29 is 19.4 Å². The third-order valence-corrected chi connectivity index (χ3v) is 2.18. The van der Waals surface area contributed by atoms with Crippen molar-refractivity contribution in [2.45, 2.75) is 13.8 Å². The van der Waals surface area contributed by atoms with E-state index in [9.17, 15) is 14.7 Å². The first kappa shape index (κ1) is 14.6. The van der Waals surface area contributed by atoms with Crippen LogP contribution in [0.2, 0.25) is 0 Å². The smallest absolute Gasteiger partial charge is 0.217 e. The minimum atomic E-state index is -0.185. The van der Waals surface area contributed by atoms with Gasteiger partial charge >= 0.3 is 0 Å². The summed E-state index contributed by atoms with van der Waals surface area (Å²) >= 11 is 0. The molecule has 0 unspecified atom stereocenters. The van der Waals surface area contributed by atoms with Crippen LogP contribution in [0.25, 0.3) is 0 Å². The second kappa shape index (κ2) is 7.07. The van der Waals surface area contributed by atoms with Gasteiger partial charge in [0.25, 0.3) is 0 Å². The van der Waals surface area contributed by atoms with Gasteiger partial charge in [0.1, 0.15) is 6.29 Å². The van der Waals surface area contributed by atoms with Crippen molar-refractivity contribution in [2.75, 3.05) is 13.2 Å². The number of benzene rings is 1. The Kier molecular flexibility index (Phi) is 5.42. The molecule has 1 rings (SSSR count). The van der Waals surface area contributed by atoms with Gasteiger partial charge < -0.3 is 15.2 Å². The lowest BCUT2D eigenvalue weighted by molar-refractivity contribution is -0.118. The van der Waals surface area contributed by atoms with Crippen LogP contribution in [0.4, 0.5) is 0 Å². The molecule has 2 N–H and O–H groups in total. The summed E-state index contributed by atoms with van der Waals surface area (Å²) in [5, 5.41) is 12.4. The van der Waals surface area contributed by atoms with Gasteiger partial charge in [-0.3, -0.25) is 9.59 Å². The average Bonchev–Trinajstić information content (AvgIpc) is 2.38. The molecule has 100 valence electrons. The van der Waals surface area contributed by atoms with Gasteiger partial charge in [0.15, 0.2) is 11.5 Å². The quantitative estimate of drug-likeness (QED) is 0.628. The molecule has 0 aromatic heterocycles. The van der Waals surface area contributed by atoms with Crippen molar-refractivity contribution in [1.82, 2.24) is 5.32 Å². The van der Waals surface area contributed by atoms with Crippen molar-refractivity contribution in [3.05, 3.63) is 23.3 Å². The molecule has 0 radical (unpaired) electrons. The van der Waals surface area contributed by atoms with E-state index in [4.69, 9.17) is 4.74 Å². The van der Waals surface area contributed by atoms with Crippen molar-refractivity contribution in [1.29, 1.82) is 0 Å². The highest BCUT2D eigenvalue weighted by molar-refractivity contribution is 5.78. The van der Waals surface area contributed by atoms with Gasteiger partial charge in [-0.15, -0.1) is 0 Å². The second-order valence-corrected chi connectivity index (χ2v) is 3.68. The first-order chi connectivity index (χ1) is 9.08. The number of aldehydes is 1. The number of carbonyl (C=O) groups excluding carboxylic acids is 2. The zero-order valence-corrected chi connectivity index (χ0v) is 10.8. The molecule has 0 saturated heterocycles. The van der Waals surface area contributed by atoms with Crippen LogP contribution >= 0.6 is 0 Å². The fraction of sp³-hybridized carbons (Fsp3) is 0.286. The molecular formula is C14H15NO4. The topological polar surface area (TPSA) is 75.6 Å². The van der Waals surface area contributed by atoms with Gasteiger partial charge in [0.05, 0.1) is 18.7 Å². The summed E-state index contributed by atoms with van der Waals surface area (Å²) in [5.74, 6) is 5.29. The predicted molar refractivity (Wildman–Crippen MR) is 70.2 cm³/mol. The number of carbonyl (C=O) groups is 2. The molecular weight excluding hydrogens is 246 g/mol. The molecule has 0 bridgehead atoms. The fourth-order valence-electron chi connectivity index (χ4n) is 1.37. The standard InChI is InChI=1S/C14H15NO4/c1-3-19-13-8-11(9-16)7-12(14(13)18)5-4-6-15-10(2)17/h7-9,18H,3,6H2,1-2H3,(H,15,17). The van der Waals surface area contributed by atoms with Crippen molar-refractivity contribution in [3.8, 4) is 23.3 Å². The summed E-state index contributed by atoms with van der Waals surface area (Å²) < 4.78 is 5.22. The number of phenolic OH excluding ortho intramolecular Hbond substituents is 1. The Labute approximate surface area is 111 Å². The number of ether oxygens (including phenoxy) is 1. The fourth-order valence-corrected chi connectivity index (χ4v) is 1.37. The van der Waals surface area contributed by atoms with Gasteiger partial charge in [-0.2, -0.15) is 0 Å². The number of amides is 1.